The molecule has 0 unspecified atom stereocenters. The Hall–Kier alpha value is -1.54. The van der Waals surface area contributed by atoms with E-state index in [1.54, 1.807) is 6.07 Å². The maximum atomic E-state index is 10.8. The lowest BCUT2D eigenvalue weighted by atomic mass is 10.1. The summed E-state index contributed by atoms with van der Waals surface area (Å²) in [6, 6.07) is 11.5. The van der Waals surface area contributed by atoms with Gasteiger partial charge in [0.2, 0.25) is 0 Å². The third kappa shape index (κ3) is 2.02. The number of carbonyl (C=O) groups excluding carboxylic acids is 1. The van der Waals surface area contributed by atoms with Crippen LogP contribution in [0.15, 0.2) is 42.6 Å². The molecular formula is C13H12ClNO. The number of nitrogens with zero attached hydrogens (tertiary/aromatic N) is 1. The van der Waals surface area contributed by atoms with Gasteiger partial charge in [-0.25, -0.2) is 0 Å². The van der Waals surface area contributed by atoms with Crippen LogP contribution in [-0.4, -0.2) is 10.9 Å². The predicted molar refractivity (Wildman–Crippen MR) is 65.1 cm³/mol. The Morgan fingerprint density at radius 2 is 1.94 bits per heavy atom. The van der Waals surface area contributed by atoms with E-state index in [0.717, 1.165) is 16.9 Å². The van der Waals surface area contributed by atoms with E-state index in [-0.39, 0.29) is 6.04 Å². The zero-order valence-electron chi connectivity index (χ0n) is 8.93. The normalized spacial score (nSPS) is 12.4. The highest BCUT2D eigenvalue weighted by atomic mass is 35.5. The Balaban J connectivity index is 2.35. The smallest absolute Gasteiger partial charge is 0.166 e. The summed E-state index contributed by atoms with van der Waals surface area (Å²) in [4.78, 5) is 10.8. The fraction of sp³-hybridized carbons (Fsp3) is 0.154. The summed E-state index contributed by atoms with van der Waals surface area (Å²) in [5.41, 5.74) is 1.81. The number of aromatic nitrogens is 1. The molecule has 82 valence electrons. The number of hydrogen-bond donors (Lipinski definition) is 0. The van der Waals surface area contributed by atoms with E-state index in [9.17, 15) is 4.79 Å². The van der Waals surface area contributed by atoms with Crippen molar-refractivity contribution in [3.05, 3.63) is 58.9 Å². The van der Waals surface area contributed by atoms with Gasteiger partial charge in [-0.3, -0.25) is 4.79 Å². The molecule has 2 rings (SSSR count). The second-order valence-electron chi connectivity index (χ2n) is 3.69. The van der Waals surface area contributed by atoms with Gasteiger partial charge in [0.1, 0.15) is 0 Å². The molecule has 0 bridgehead atoms. The first kappa shape index (κ1) is 11.0. The summed E-state index contributed by atoms with van der Waals surface area (Å²) in [7, 11) is 0. The van der Waals surface area contributed by atoms with Crippen molar-refractivity contribution in [3.63, 3.8) is 0 Å². The molecule has 0 radical (unpaired) electrons. The number of aldehydes is 1. The maximum absolute atomic E-state index is 10.8. The highest BCUT2D eigenvalue weighted by molar-refractivity contribution is 6.30. The SMILES string of the molecule is C[C@H](c1ccc(Cl)cc1)n1cccc1C=O. The van der Waals surface area contributed by atoms with Crippen LogP contribution in [0.25, 0.3) is 0 Å². The van der Waals surface area contributed by atoms with Crippen LogP contribution in [-0.2, 0) is 0 Å². The van der Waals surface area contributed by atoms with Crippen LogP contribution in [0.1, 0.15) is 29.0 Å². The number of rotatable bonds is 3. The Kier molecular flexibility index (Phi) is 3.11. The van der Waals surface area contributed by atoms with Crippen molar-refractivity contribution < 1.29 is 4.79 Å². The average Bonchev–Trinajstić information content (AvgIpc) is 2.77. The molecule has 1 heterocycles. The summed E-state index contributed by atoms with van der Waals surface area (Å²) >= 11 is 5.84. The van der Waals surface area contributed by atoms with Crippen LogP contribution in [0, 0.1) is 0 Å². The van der Waals surface area contributed by atoms with Gasteiger partial charge in [-0.1, -0.05) is 23.7 Å². The summed E-state index contributed by atoms with van der Waals surface area (Å²) in [5.74, 6) is 0. The Bertz CT molecular complexity index is 487. The lowest BCUT2D eigenvalue weighted by Gasteiger charge is -2.15. The van der Waals surface area contributed by atoms with Gasteiger partial charge in [0.25, 0.3) is 0 Å². The van der Waals surface area contributed by atoms with Crippen LogP contribution >= 0.6 is 11.6 Å². The van der Waals surface area contributed by atoms with E-state index in [0.29, 0.717) is 5.69 Å². The molecule has 1 aromatic heterocycles. The molecule has 3 heteroatoms. The molecule has 1 aromatic carbocycles. The minimum absolute atomic E-state index is 0.132. The predicted octanol–water partition coefficient (Wildman–Crippen LogP) is 3.56. The van der Waals surface area contributed by atoms with Crippen molar-refractivity contribution in [2.45, 2.75) is 13.0 Å². The van der Waals surface area contributed by atoms with E-state index in [2.05, 4.69) is 6.92 Å². The van der Waals surface area contributed by atoms with Crippen LogP contribution in [0.2, 0.25) is 5.02 Å². The number of benzene rings is 1. The minimum Gasteiger partial charge on any atom is -0.338 e. The molecule has 0 N–H and O–H groups in total. The largest absolute Gasteiger partial charge is 0.338 e. The molecule has 0 amide bonds. The number of carbonyl (C=O) groups is 1. The Morgan fingerprint density at radius 3 is 2.56 bits per heavy atom. The lowest BCUT2D eigenvalue weighted by molar-refractivity contribution is 0.111. The van der Waals surface area contributed by atoms with Gasteiger partial charge in [0.05, 0.1) is 11.7 Å². The van der Waals surface area contributed by atoms with E-state index in [1.165, 1.54) is 0 Å². The molecule has 1 atom stereocenters. The summed E-state index contributed by atoms with van der Waals surface area (Å²) in [6.07, 6.45) is 2.77. The van der Waals surface area contributed by atoms with Gasteiger partial charge < -0.3 is 4.57 Å². The fourth-order valence-corrected chi connectivity index (χ4v) is 1.89. The van der Waals surface area contributed by atoms with E-state index >= 15 is 0 Å². The first-order valence-electron chi connectivity index (χ1n) is 5.10. The Labute approximate surface area is 99.5 Å². The molecule has 0 fully saturated rings. The molecule has 16 heavy (non-hydrogen) atoms. The standard InChI is InChI=1S/C13H12ClNO/c1-10(11-4-6-12(14)7-5-11)15-8-2-3-13(15)9-16/h2-10H,1H3/t10-/m1/s1. The van der Waals surface area contributed by atoms with Gasteiger partial charge in [0.15, 0.2) is 6.29 Å². The maximum Gasteiger partial charge on any atom is 0.166 e. The first-order valence-corrected chi connectivity index (χ1v) is 5.47. The van der Waals surface area contributed by atoms with Crippen LogP contribution in [0.5, 0.6) is 0 Å². The highest BCUT2D eigenvalue weighted by Crippen LogP contribution is 2.21. The van der Waals surface area contributed by atoms with Crippen molar-refractivity contribution in [2.24, 2.45) is 0 Å². The second-order valence-corrected chi connectivity index (χ2v) is 4.12. The molecule has 0 aliphatic carbocycles. The molecular weight excluding hydrogens is 222 g/mol. The third-order valence-electron chi connectivity index (χ3n) is 2.70. The van der Waals surface area contributed by atoms with Crippen molar-refractivity contribution in [2.75, 3.05) is 0 Å². The molecule has 0 saturated carbocycles. The quantitative estimate of drug-likeness (QED) is 0.743. The van der Waals surface area contributed by atoms with Crippen molar-refractivity contribution in [1.29, 1.82) is 0 Å². The lowest BCUT2D eigenvalue weighted by Crippen LogP contribution is -2.08. The van der Waals surface area contributed by atoms with Crippen molar-refractivity contribution >= 4 is 17.9 Å². The summed E-state index contributed by atoms with van der Waals surface area (Å²) in [6.45, 7) is 2.05. The van der Waals surface area contributed by atoms with Crippen molar-refractivity contribution in [3.8, 4) is 0 Å². The van der Waals surface area contributed by atoms with Crippen LogP contribution in [0.3, 0.4) is 0 Å². The minimum atomic E-state index is 0.132. The van der Waals surface area contributed by atoms with Gasteiger partial charge in [0, 0.05) is 11.2 Å². The van der Waals surface area contributed by atoms with Gasteiger partial charge in [-0.15, -0.1) is 0 Å². The van der Waals surface area contributed by atoms with Gasteiger partial charge in [-0.2, -0.15) is 0 Å². The zero-order valence-corrected chi connectivity index (χ0v) is 9.69. The third-order valence-corrected chi connectivity index (χ3v) is 2.95. The number of hydrogen-bond acceptors (Lipinski definition) is 1. The average molecular weight is 234 g/mol. The molecule has 0 saturated heterocycles. The zero-order chi connectivity index (χ0) is 11.5. The topological polar surface area (TPSA) is 22.0 Å². The molecule has 2 nitrogen and oxygen atoms in total. The molecule has 0 aliphatic rings. The summed E-state index contributed by atoms with van der Waals surface area (Å²) < 4.78 is 1.94. The molecule has 2 aromatic rings. The monoisotopic (exact) mass is 233 g/mol. The van der Waals surface area contributed by atoms with Crippen molar-refractivity contribution in [1.82, 2.24) is 4.57 Å². The number of halogens is 1. The van der Waals surface area contributed by atoms with Crippen LogP contribution in [0.4, 0.5) is 0 Å². The van der Waals surface area contributed by atoms with Gasteiger partial charge >= 0.3 is 0 Å². The van der Waals surface area contributed by atoms with Crippen LogP contribution < -0.4 is 0 Å². The first-order chi connectivity index (χ1) is 7.72. The highest BCUT2D eigenvalue weighted by Gasteiger charge is 2.09. The molecule has 0 aliphatic heterocycles. The van der Waals surface area contributed by atoms with Gasteiger partial charge in [-0.05, 0) is 36.8 Å². The second kappa shape index (κ2) is 4.54. The fourth-order valence-electron chi connectivity index (χ4n) is 1.76. The Morgan fingerprint density at radius 1 is 1.25 bits per heavy atom. The summed E-state index contributed by atoms with van der Waals surface area (Å²) in [5, 5.41) is 0.721. The van der Waals surface area contributed by atoms with E-state index < -0.39 is 0 Å². The molecule has 0 spiro atoms. The van der Waals surface area contributed by atoms with E-state index in [4.69, 9.17) is 11.6 Å². The van der Waals surface area contributed by atoms with E-state index in [1.807, 2.05) is 41.1 Å².